The van der Waals surface area contributed by atoms with Crippen molar-refractivity contribution in [2.45, 2.75) is 19.3 Å². The van der Waals surface area contributed by atoms with Crippen LogP contribution in [-0.4, -0.2) is 34.2 Å². The Labute approximate surface area is 162 Å². The molecule has 0 saturated heterocycles. The van der Waals surface area contributed by atoms with E-state index < -0.39 is 12.1 Å². The molecule has 0 aliphatic heterocycles. The zero-order chi connectivity index (χ0) is 20.9. The molecule has 0 amide bonds. The van der Waals surface area contributed by atoms with E-state index in [1.54, 1.807) is 18.3 Å². The number of alkyl halides is 3. The molecule has 0 atom stereocenters. The third-order valence-corrected chi connectivity index (χ3v) is 4.67. The molecule has 3 aromatic rings. The number of carboxylic acids is 1. The number of aromatic nitrogens is 1. The molecular formula is C18H17F4N3O2S. The minimum atomic E-state index is -5.08. The van der Waals surface area contributed by atoms with Gasteiger partial charge in [-0.05, 0) is 41.1 Å². The molecule has 28 heavy (non-hydrogen) atoms. The van der Waals surface area contributed by atoms with Crippen molar-refractivity contribution in [3.63, 3.8) is 0 Å². The number of nitrogen functional groups attached to an aromatic ring is 1. The lowest BCUT2D eigenvalue weighted by Crippen LogP contribution is -2.21. The van der Waals surface area contributed by atoms with Crippen molar-refractivity contribution in [1.29, 1.82) is 0 Å². The molecule has 0 spiro atoms. The van der Waals surface area contributed by atoms with E-state index >= 15 is 0 Å². The molecule has 0 aliphatic carbocycles. The fraction of sp³-hybridized carbons (Fsp3) is 0.222. The average Bonchev–Trinajstić information content (AvgIpc) is 3.01. The maximum Gasteiger partial charge on any atom is 0.490 e. The van der Waals surface area contributed by atoms with Crippen LogP contribution in [0.15, 0.2) is 41.9 Å². The summed E-state index contributed by atoms with van der Waals surface area (Å²) in [6.07, 6.45) is -3.29. The van der Waals surface area contributed by atoms with E-state index in [4.69, 9.17) is 15.6 Å². The minimum Gasteiger partial charge on any atom is -0.475 e. The first kappa shape index (κ1) is 21.6. The van der Waals surface area contributed by atoms with Gasteiger partial charge < -0.3 is 10.8 Å². The first-order chi connectivity index (χ1) is 13.1. The van der Waals surface area contributed by atoms with Gasteiger partial charge in [0.05, 0.1) is 4.70 Å². The highest BCUT2D eigenvalue weighted by molar-refractivity contribution is 7.17. The number of nitrogens with zero attached hydrogens (tertiary/aromatic N) is 2. The summed E-state index contributed by atoms with van der Waals surface area (Å²) in [4.78, 5) is 15.2. The van der Waals surface area contributed by atoms with Crippen molar-refractivity contribution in [1.82, 2.24) is 9.88 Å². The van der Waals surface area contributed by atoms with E-state index in [0.29, 0.717) is 5.82 Å². The number of rotatable bonds is 4. The van der Waals surface area contributed by atoms with Crippen molar-refractivity contribution < 1.29 is 27.5 Å². The third-order valence-electron chi connectivity index (χ3n) is 3.61. The van der Waals surface area contributed by atoms with Crippen molar-refractivity contribution in [2.24, 2.45) is 0 Å². The Kier molecular flexibility index (Phi) is 6.92. The molecule has 0 unspecified atom stereocenters. The molecule has 10 heteroatoms. The number of nitrogens with two attached hydrogens (primary N) is 1. The van der Waals surface area contributed by atoms with Crippen LogP contribution in [0, 0.1) is 5.82 Å². The first-order valence-corrected chi connectivity index (χ1v) is 8.79. The maximum absolute atomic E-state index is 13.7. The molecule has 150 valence electrons. The number of thiophene rings is 1. The second-order valence-corrected chi connectivity index (χ2v) is 6.82. The van der Waals surface area contributed by atoms with Crippen molar-refractivity contribution >= 4 is 33.2 Å². The molecule has 0 fully saturated rings. The van der Waals surface area contributed by atoms with Gasteiger partial charge in [0, 0.05) is 19.3 Å². The Hall–Kier alpha value is -2.72. The predicted molar refractivity (Wildman–Crippen MR) is 99.3 cm³/mol. The molecule has 0 radical (unpaired) electrons. The van der Waals surface area contributed by atoms with Gasteiger partial charge >= 0.3 is 12.1 Å². The number of anilines is 1. The molecule has 3 rings (SSSR count). The Morgan fingerprint density at radius 2 is 1.93 bits per heavy atom. The lowest BCUT2D eigenvalue weighted by molar-refractivity contribution is -0.192. The van der Waals surface area contributed by atoms with Crippen LogP contribution in [0.3, 0.4) is 0 Å². The van der Waals surface area contributed by atoms with Crippen molar-refractivity contribution in [3.05, 3.63) is 58.9 Å². The summed E-state index contributed by atoms with van der Waals surface area (Å²) in [6.45, 7) is 1.55. The minimum absolute atomic E-state index is 0.144. The van der Waals surface area contributed by atoms with Gasteiger partial charge in [-0.2, -0.15) is 13.2 Å². The van der Waals surface area contributed by atoms with E-state index in [1.807, 2.05) is 24.6 Å². The molecular weight excluding hydrogens is 398 g/mol. The van der Waals surface area contributed by atoms with Gasteiger partial charge in [-0.3, -0.25) is 4.90 Å². The van der Waals surface area contributed by atoms with E-state index in [2.05, 4.69) is 9.88 Å². The standard InChI is InChI=1S/C16H16FN3S.C2HF3O2/c1-20(8-11-5-6-15(18)19-7-11)9-12-10-21-16-13(12)3-2-4-14(16)17;3-2(4,5)1(6)7/h2-7,10H,8-9H2,1H3,(H2,18,19);(H,6,7). The fourth-order valence-corrected chi connectivity index (χ4v) is 3.35. The van der Waals surface area contributed by atoms with Crippen LogP contribution in [0.4, 0.5) is 23.4 Å². The average molecular weight is 415 g/mol. The molecule has 0 saturated carbocycles. The normalized spacial score (nSPS) is 11.4. The monoisotopic (exact) mass is 415 g/mol. The summed E-state index contributed by atoms with van der Waals surface area (Å²) >= 11 is 1.46. The fourth-order valence-electron chi connectivity index (χ4n) is 2.39. The second kappa shape index (κ2) is 8.98. The number of halogens is 4. The Morgan fingerprint density at radius 1 is 1.25 bits per heavy atom. The number of fused-ring (bicyclic) bond motifs is 1. The summed E-state index contributed by atoms with van der Waals surface area (Å²) in [7, 11) is 2.04. The van der Waals surface area contributed by atoms with Crippen LogP contribution < -0.4 is 5.73 Å². The Bertz CT molecular complexity index is 942. The first-order valence-electron chi connectivity index (χ1n) is 7.91. The SMILES string of the molecule is CN(Cc1ccc(N)nc1)Cc1csc2c(F)cccc12.O=C(O)C(F)(F)F. The van der Waals surface area contributed by atoms with Crippen molar-refractivity contribution in [3.8, 4) is 0 Å². The summed E-state index contributed by atoms with van der Waals surface area (Å²) in [5.74, 6) is -2.37. The second-order valence-electron chi connectivity index (χ2n) is 5.94. The number of carboxylic acid groups (broad SMARTS) is 1. The third kappa shape index (κ3) is 5.89. The molecule has 0 aliphatic rings. The number of hydrogen-bond donors (Lipinski definition) is 2. The topological polar surface area (TPSA) is 79.5 Å². The summed E-state index contributed by atoms with van der Waals surface area (Å²) in [5.41, 5.74) is 7.85. The summed E-state index contributed by atoms with van der Waals surface area (Å²) in [6, 6.07) is 9.02. The highest BCUT2D eigenvalue weighted by atomic mass is 32.1. The number of pyridine rings is 1. The number of hydrogen-bond acceptors (Lipinski definition) is 5. The maximum atomic E-state index is 13.7. The van der Waals surface area contributed by atoms with E-state index in [-0.39, 0.29) is 5.82 Å². The van der Waals surface area contributed by atoms with Gasteiger partial charge in [0.1, 0.15) is 11.6 Å². The molecule has 0 bridgehead atoms. The van der Waals surface area contributed by atoms with Crippen LogP contribution in [0.1, 0.15) is 11.1 Å². The number of carbonyl (C=O) groups is 1. The smallest absolute Gasteiger partial charge is 0.475 e. The lowest BCUT2D eigenvalue weighted by Gasteiger charge is -2.16. The van der Waals surface area contributed by atoms with Gasteiger partial charge in [-0.1, -0.05) is 18.2 Å². The van der Waals surface area contributed by atoms with E-state index in [1.165, 1.54) is 17.4 Å². The molecule has 3 N–H and O–H groups in total. The van der Waals surface area contributed by atoms with Crippen LogP contribution >= 0.6 is 11.3 Å². The summed E-state index contributed by atoms with van der Waals surface area (Å²) < 4.78 is 46.2. The van der Waals surface area contributed by atoms with Crippen LogP contribution in [-0.2, 0) is 17.9 Å². The van der Waals surface area contributed by atoms with Crippen LogP contribution in [0.5, 0.6) is 0 Å². The highest BCUT2D eigenvalue weighted by Gasteiger charge is 2.38. The lowest BCUT2D eigenvalue weighted by atomic mass is 10.1. The number of aliphatic carboxylic acids is 1. The van der Waals surface area contributed by atoms with E-state index in [0.717, 1.165) is 34.3 Å². The quantitative estimate of drug-likeness (QED) is 0.622. The molecule has 5 nitrogen and oxygen atoms in total. The molecule has 2 heterocycles. The van der Waals surface area contributed by atoms with Gasteiger partial charge in [0.15, 0.2) is 0 Å². The largest absolute Gasteiger partial charge is 0.490 e. The summed E-state index contributed by atoms with van der Waals surface area (Å²) in [5, 5.41) is 10.2. The van der Waals surface area contributed by atoms with Gasteiger partial charge in [0.25, 0.3) is 0 Å². The zero-order valence-electron chi connectivity index (χ0n) is 14.7. The molecule has 1 aromatic carbocycles. The van der Waals surface area contributed by atoms with Crippen LogP contribution in [0.2, 0.25) is 0 Å². The van der Waals surface area contributed by atoms with Gasteiger partial charge in [-0.25, -0.2) is 14.2 Å². The van der Waals surface area contributed by atoms with Gasteiger partial charge in [0.2, 0.25) is 0 Å². The Morgan fingerprint density at radius 3 is 2.50 bits per heavy atom. The van der Waals surface area contributed by atoms with Gasteiger partial charge in [-0.15, -0.1) is 11.3 Å². The van der Waals surface area contributed by atoms with E-state index in [9.17, 15) is 17.6 Å². The highest BCUT2D eigenvalue weighted by Crippen LogP contribution is 2.29. The molecule has 2 aromatic heterocycles. The predicted octanol–water partition coefficient (Wildman–Crippen LogP) is 4.28. The van der Waals surface area contributed by atoms with Crippen LogP contribution in [0.25, 0.3) is 10.1 Å². The number of benzene rings is 1. The van der Waals surface area contributed by atoms with Crippen molar-refractivity contribution in [2.75, 3.05) is 12.8 Å². The Balaban J connectivity index is 0.000000345. The zero-order valence-corrected chi connectivity index (χ0v) is 15.5.